The van der Waals surface area contributed by atoms with Gasteiger partial charge in [-0.25, -0.2) is 0 Å². The highest BCUT2D eigenvalue weighted by atomic mass is 16.5. The molecule has 2 heteroatoms. The summed E-state index contributed by atoms with van der Waals surface area (Å²) in [4.78, 5) is 0. The fraction of sp³-hybridized carbons (Fsp3) is 1.00. The molecule has 0 spiro atoms. The fourth-order valence-electron chi connectivity index (χ4n) is 3.83. The SMILES string of the molecule is CC(C)CNCC1(C2CCCCC2)CCOCC1. The molecular weight excluding hydrogens is 222 g/mol. The van der Waals surface area contributed by atoms with Crippen molar-refractivity contribution in [3.8, 4) is 0 Å². The summed E-state index contributed by atoms with van der Waals surface area (Å²) in [5, 5.41) is 3.74. The molecule has 0 radical (unpaired) electrons. The van der Waals surface area contributed by atoms with Crippen LogP contribution < -0.4 is 5.32 Å². The maximum Gasteiger partial charge on any atom is 0.0471 e. The molecular formula is C16H31NO. The predicted molar refractivity (Wildman–Crippen MR) is 76.8 cm³/mol. The van der Waals surface area contributed by atoms with Crippen LogP contribution in [0.1, 0.15) is 58.8 Å². The van der Waals surface area contributed by atoms with Gasteiger partial charge in [0.2, 0.25) is 0 Å². The maximum absolute atomic E-state index is 5.62. The van der Waals surface area contributed by atoms with E-state index in [1.807, 2.05) is 0 Å². The average molecular weight is 253 g/mol. The number of hydrogen-bond donors (Lipinski definition) is 1. The Hall–Kier alpha value is -0.0800. The molecule has 0 atom stereocenters. The van der Waals surface area contributed by atoms with Gasteiger partial charge in [-0.15, -0.1) is 0 Å². The first-order chi connectivity index (χ1) is 8.73. The second-order valence-corrected chi connectivity index (χ2v) is 6.83. The highest BCUT2D eigenvalue weighted by molar-refractivity contribution is 4.91. The zero-order valence-corrected chi connectivity index (χ0v) is 12.3. The molecule has 2 nitrogen and oxygen atoms in total. The smallest absolute Gasteiger partial charge is 0.0471 e. The van der Waals surface area contributed by atoms with Gasteiger partial charge in [0.05, 0.1) is 0 Å². The molecule has 1 heterocycles. The average Bonchev–Trinajstić information content (AvgIpc) is 2.40. The van der Waals surface area contributed by atoms with Gasteiger partial charge in [0, 0.05) is 19.8 Å². The van der Waals surface area contributed by atoms with E-state index < -0.39 is 0 Å². The third kappa shape index (κ3) is 3.71. The van der Waals surface area contributed by atoms with Crippen LogP contribution in [0.2, 0.25) is 0 Å². The molecule has 2 fully saturated rings. The third-order valence-electron chi connectivity index (χ3n) is 4.99. The minimum absolute atomic E-state index is 0.549. The molecule has 0 aromatic carbocycles. The summed E-state index contributed by atoms with van der Waals surface area (Å²) in [6.07, 6.45) is 9.86. The summed E-state index contributed by atoms with van der Waals surface area (Å²) in [6, 6.07) is 0. The van der Waals surface area contributed by atoms with Gasteiger partial charge in [-0.05, 0) is 49.5 Å². The van der Waals surface area contributed by atoms with Gasteiger partial charge in [-0.2, -0.15) is 0 Å². The Labute approximate surface area is 113 Å². The van der Waals surface area contributed by atoms with Crippen LogP contribution in [0.4, 0.5) is 0 Å². The van der Waals surface area contributed by atoms with E-state index in [0.717, 1.165) is 31.6 Å². The first-order valence-electron chi connectivity index (χ1n) is 8.01. The summed E-state index contributed by atoms with van der Waals surface area (Å²) in [5.41, 5.74) is 0.549. The van der Waals surface area contributed by atoms with Crippen LogP contribution in [0.3, 0.4) is 0 Å². The lowest BCUT2D eigenvalue weighted by molar-refractivity contribution is -0.0281. The van der Waals surface area contributed by atoms with Crippen molar-refractivity contribution in [2.24, 2.45) is 17.3 Å². The molecule has 0 unspecified atom stereocenters. The van der Waals surface area contributed by atoms with Gasteiger partial charge in [0.25, 0.3) is 0 Å². The van der Waals surface area contributed by atoms with Gasteiger partial charge in [-0.3, -0.25) is 0 Å². The van der Waals surface area contributed by atoms with E-state index in [1.54, 1.807) is 0 Å². The summed E-state index contributed by atoms with van der Waals surface area (Å²) >= 11 is 0. The fourth-order valence-corrected chi connectivity index (χ4v) is 3.83. The highest BCUT2D eigenvalue weighted by Crippen LogP contribution is 2.44. The van der Waals surface area contributed by atoms with Crippen molar-refractivity contribution < 1.29 is 4.74 Å². The van der Waals surface area contributed by atoms with E-state index in [9.17, 15) is 0 Å². The van der Waals surface area contributed by atoms with Crippen LogP contribution in [-0.2, 0) is 4.74 Å². The molecule has 2 aliphatic rings. The number of ether oxygens (including phenoxy) is 1. The van der Waals surface area contributed by atoms with Crippen LogP contribution >= 0.6 is 0 Å². The molecule has 1 N–H and O–H groups in total. The van der Waals surface area contributed by atoms with Crippen molar-refractivity contribution in [1.82, 2.24) is 5.32 Å². The topological polar surface area (TPSA) is 21.3 Å². The summed E-state index contributed by atoms with van der Waals surface area (Å²) in [6.45, 7) is 8.95. The van der Waals surface area contributed by atoms with E-state index in [2.05, 4.69) is 19.2 Å². The predicted octanol–water partition coefficient (Wildman–Crippen LogP) is 3.61. The maximum atomic E-state index is 5.62. The Kier molecular flexibility index (Phi) is 5.50. The van der Waals surface area contributed by atoms with E-state index in [1.165, 1.54) is 51.5 Å². The van der Waals surface area contributed by atoms with Crippen molar-refractivity contribution in [2.75, 3.05) is 26.3 Å². The second-order valence-electron chi connectivity index (χ2n) is 6.83. The van der Waals surface area contributed by atoms with Crippen molar-refractivity contribution >= 4 is 0 Å². The second kappa shape index (κ2) is 6.91. The minimum atomic E-state index is 0.549. The molecule has 18 heavy (non-hydrogen) atoms. The number of hydrogen-bond acceptors (Lipinski definition) is 2. The molecule has 0 aromatic rings. The number of nitrogens with one attached hydrogen (secondary N) is 1. The Bertz CT molecular complexity index is 227. The quantitative estimate of drug-likeness (QED) is 0.808. The Morgan fingerprint density at radius 2 is 1.78 bits per heavy atom. The zero-order valence-electron chi connectivity index (χ0n) is 12.3. The molecule has 0 aromatic heterocycles. The van der Waals surface area contributed by atoms with Crippen molar-refractivity contribution in [3.05, 3.63) is 0 Å². The summed E-state index contributed by atoms with van der Waals surface area (Å²) in [7, 11) is 0. The van der Waals surface area contributed by atoms with Crippen LogP contribution in [0, 0.1) is 17.3 Å². The van der Waals surface area contributed by atoms with Gasteiger partial charge in [0.15, 0.2) is 0 Å². The van der Waals surface area contributed by atoms with E-state index >= 15 is 0 Å². The third-order valence-corrected chi connectivity index (χ3v) is 4.99. The molecule has 1 aliphatic heterocycles. The largest absolute Gasteiger partial charge is 0.381 e. The monoisotopic (exact) mass is 253 g/mol. The summed E-state index contributed by atoms with van der Waals surface area (Å²) in [5.74, 6) is 1.71. The Morgan fingerprint density at radius 3 is 2.39 bits per heavy atom. The molecule has 1 aliphatic carbocycles. The lowest BCUT2D eigenvalue weighted by Crippen LogP contribution is -2.45. The van der Waals surface area contributed by atoms with Crippen molar-refractivity contribution in [3.63, 3.8) is 0 Å². The van der Waals surface area contributed by atoms with Gasteiger partial charge in [0.1, 0.15) is 0 Å². The van der Waals surface area contributed by atoms with E-state index in [0.29, 0.717) is 5.41 Å². The molecule has 0 amide bonds. The van der Waals surface area contributed by atoms with Crippen LogP contribution in [0.15, 0.2) is 0 Å². The highest BCUT2D eigenvalue weighted by Gasteiger charge is 2.40. The van der Waals surface area contributed by atoms with Crippen LogP contribution in [-0.4, -0.2) is 26.3 Å². The normalized spacial score (nSPS) is 25.5. The lowest BCUT2D eigenvalue weighted by atomic mass is 9.64. The van der Waals surface area contributed by atoms with Gasteiger partial charge >= 0.3 is 0 Å². The zero-order chi connectivity index (χ0) is 12.8. The van der Waals surface area contributed by atoms with E-state index in [4.69, 9.17) is 4.74 Å². The van der Waals surface area contributed by atoms with E-state index in [-0.39, 0.29) is 0 Å². The molecule has 2 rings (SSSR count). The van der Waals surface area contributed by atoms with Gasteiger partial charge < -0.3 is 10.1 Å². The van der Waals surface area contributed by atoms with Crippen molar-refractivity contribution in [1.29, 1.82) is 0 Å². The molecule has 106 valence electrons. The lowest BCUT2D eigenvalue weighted by Gasteiger charge is -2.45. The minimum Gasteiger partial charge on any atom is -0.381 e. The standard InChI is InChI=1S/C16H31NO/c1-14(2)12-17-13-16(8-10-18-11-9-16)15-6-4-3-5-7-15/h14-15,17H,3-13H2,1-2H3. The first-order valence-corrected chi connectivity index (χ1v) is 8.01. The molecule has 1 saturated heterocycles. The van der Waals surface area contributed by atoms with Gasteiger partial charge in [-0.1, -0.05) is 33.1 Å². The molecule has 0 bridgehead atoms. The number of rotatable bonds is 5. The van der Waals surface area contributed by atoms with Crippen LogP contribution in [0.25, 0.3) is 0 Å². The summed E-state index contributed by atoms with van der Waals surface area (Å²) < 4.78 is 5.62. The first kappa shape index (κ1) is 14.3. The Morgan fingerprint density at radius 1 is 1.11 bits per heavy atom. The molecule has 1 saturated carbocycles. The van der Waals surface area contributed by atoms with Crippen molar-refractivity contribution in [2.45, 2.75) is 58.8 Å². The Balaban J connectivity index is 1.92. The van der Waals surface area contributed by atoms with Crippen LogP contribution in [0.5, 0.6) is 0 Å².